The fourth-order valence-electron chi connectivity index (χ4n) is 2.51. The molecule has 27 heavy (non-hydrogen) atoms. The molecule has 9 heteroatoms. The van der Waals surface area contributed by atoms with Gasteiger partial charge in [-0.2, -0.15) is 0 Å². The van der Waals surface area contributed by atoms with Crippen molar-refractivity contribution in [1.29, 1.82) is 0 Å². The molecule has 0 aromatic carbocycles. The molecular formula is C18H19N3O4S2. The van der Waals surface area contributed by atoms with Crippen molar-refractivity contribution in [2.75, 3.05) is 18.5 Å². The van der Waals surface area contributed by atoms with Gasteiger partial charge in [0.2, 0.25) is 0 Å². The molecule has 0 bridgehead atoms. The lowest BCUT2D eigenvalue weighted by molar-refractivity contribution is 0.0518. The van der Waals surface area contributed by atoms with Crippen molar-refractivity contribution in [3.8, 4) is 0 Å². The van der Waals surface area contributed by atoms with E-state index in [4.69, 9.17) is 9.47 Å². The van der Waals surface area contributed by atoms with E-state index in [0.29, 0.717) is 38.8 Å². The molecule has 3 heterocycles. The molecule has 0 amide bonds. The summed E-state index contributed by atoms with van der Waals surface area (Å²) in [5.74, 6) is -0.357. The van der Waals surface area contributed by atoms with Gasteiger partial charge >= 0.3 is 11.9 Å². The molecule has 0 radical (unpaired) electrons. The molecular weight excluding hydrogens is 386 g/mol. The normalized spacial score (nSPS) is 10.8. The summed E-state index contributed by atoms with van der Waals surface area (Å²) < 4.78 is 10.3. The van der Waals surface area contributed by atoms with Crippen molar-refractivity contribution in [3.05, 3.63) is 33.8 Å². The van der Waals surface area contributed by atoms with Crippen molar-refractivity contribution in [3.63, 3.8) is 0 Å². The van der Waals surface area contributed by atoms with E-state index in [2.05, 4.69) is 15.3 Å². The largest absolute Gasteiger partial charge is 0.462 e. The fraction of sp³-hybridized carbons (Fsp3) is 0.333. The van der Waals surface area contributed by atoms with E-state index in [0.717, 1.165) is 11.3 Å². The highest BCUT2D eigenvalue weighted by Gasteiger charge is 2.21. The predicted molar refractivity (Wildman–Crippen MR) is 106 cm³/mol. The molecule has 7 nitrogen and oxygen atoms in total. The van der Waals surface area contributed by atoms with Gasteiger partial charge in [0, 0.05) is 10.3 Å². The first kappa shape index (κ1) is 19.2. The van der Waals surface area contributed by atoms with Crippen molar-refractivity contribution in [2.45, 2.75) is 27.2 Å². The van der Waals surface area contributed by atoms with Gasteiger partial charge in [-0.3, -0.25) is 0 Å². The third kappa shape index (κ3) is 3.93. The minimum atomic E-state index is -0.423. The SMILES string of the molecule is CCOC(=O)c1cc(CC)sc1Nc1ncnc2scc(C(=O)OCC)c12. The van der Waals surface area contributed by atoms with E-state index in [1.54, 1.807) is 19.2 Å². The number of hydrogen-bond donors (Lipinski definition) is 1. The Morgan fingerprint density at radius 3 is 2.44 bits per heavy atom. The van der Waals surface area contributed by atoms with Gasteiger partial charge in [0.25, 0.3) is 0 Å². The number of fused-ring (bicyclic) bond motifs is 1. The average molecular weight is 406 g/mol. The van der Waals surface area contributed by atoms with Crippen LogP contribution in [-0.2, 0) is 15.9 Å². The van der Waals surface area contributed by atoms with Gasteiger partial charge in [-0.05, 0) is 26.3 Å². The molecule has 3 aromatic heterocycles. The van der Waals surface area contributed by atoms with Crippen LogP contribution in [0.25, 0.3) is 10.2 Å². The molecule has 1 N–H and O–H groups in total. The zero-order valence-corrected chi connectivity index (χ0v) is 16.8. The molecule has 0 aliphatic rings. The van der Waals surface area contributed by atoms with E-state index in [1.165, 1.54) is 29.0 Å². The number of carbonyl (C=O) groups is 2. The van der Waals surface area contributed by atoms with E-state index >= 15 is 0 Å². The monoisotopic (exact) mass is 405 g/mol. The first-order valence-electron chi connectivity index (χ1n) is 8.55. The lowest BCUT2D eigenvalue weighted by Crippen LogP contribution is -2.07. The maximum atomic E-state index is 12.3. The van der Waals surface area contributed by atoms with E-state index in [1.807, 2.05) is 13.0 Å². The zero-order chi connectivity index (χ0) is 19.4. The van der Waals surface area contributed by atoms with Crippen molar-refractivity contribution < 1.29 is 19.1 Å². The molecule has 0 fully saturated rings. The minimum Gasteiger partial charge on any atom is -0.462 e. The second-order valence-corrected chi connectivity index (χ2v) is 7.42. The minimum absolute atomic E-state index is 0.282. The number of carbonyl (C=O) groups excluding carboxylic acids is 2. The van der Waals surface area contributed by atoms with Crippen LogP contribution in [-0.4, -0.2) is 35.1 Å². The molecule has 0 atom stereocenters. The number of aromatic nitrogens is 2. The van der Waals surface area contributed by atoms with E-state index < -0.39 is 11.9 Å². The maximum absolute atomic E-state index is 12.3. The van der Waals surface area contributed by atoms with Gasteiger partial charge < -0.3 is 14.8 Å². The maximum Gasteiger partial charge on any atom is 0.341 e. The second kappa shape index (κ2) is 8.45. The van der Waals surface area contributed by atoms with Crippen LogP contribution in [0.15, 0.2) is 17.8 Å². The number of nitrogens with one attached hydrogen (secondary N) is 1. The number of aryl methyl sites for hydroxylation is 1. The molecule has 0 spiro atoms. The van der Waals surface area contributed by atoms with E-state index in [9.17, 15) is 9.59 Å². The summed E-state index contributed by atoms with van der Waals surface area (Å²) in [5.41, 5.74) is 0.864. The number of ether oxygens (including phenoxy) is 2. The number of esters is 2. The first-order chi connectivity index (χ1) is 13.1. The number of rotatable bonds is 7. The molecule has 0 saturated carbocycles. The molecule has 0 saturated heterocycles. The van der Waals surface area contributed by atoms with Crippen LogP contribution < -0.4 is 5.32 Å². The molecule has 0 unspecified atom stereocenters. The van der Waals surface area contributed by atoms with Crippen LogP contribution in [0, 0.1) is 0 Å². The molecule has 0 aliphatic heterocycles. The van der Waals surface area contributed by atoms with Crippen LogP contribution in [0.3, 0.4) is 0 Å². The fourth-order valence-corrected chi connectivity index (χ4v) is 4.37. The molecule has 0 aliphatic carbocycles. The molecule has 142 valence electrons. The Balaban J connectivity index is 2.04. The van der Waals surface area contributed by atoms with Crippen LogP contribution in [0.4, 0.5) is 10.8 Å². The quantitative estimate of drug-likeness (QED) is 0.582. The summed E-state index contributed by atoms with van der Waals surface area (Å²) in [6.07, 6.45) is 2.22. The van der Waals surface area contributed by atoms with Crippen LogP contribution in [0.2, 0.25) is 0 Å². The Kier molecular flexibility index (Phi) is 6.02. The predicted octanol–water partition coefficient (Wildman–Crippen LogP) is 4.41. The average Bonchev–Trinajstić information content (AvgIpc) is 3.27. The van der Waals surface area contributed by atoms with E-state index in [-0.39, 0.29) is 6.61 Å². The van der Waals surface area contributed by atoms with Crippen molar-refractivity contribution in [2.24, 2.45) is 0 Å². The summed E-state index contributed by atoms with van der Waals surface area (Å²) in [5, 5.41) is 6.12. The molecule has 3 rings (SSSR count). The lowest BCUT2D eigenvalue weighted by atomic mass is 10.2. The highest BCUT2D eigenvalue weighted by Crippen LogP contribution is 2.36. The Hall–Kier alpha value is -2.52. The first-order valence-corrected chi connectivity index (χ1v) is 10.2. The van der Waals surface area contributed by atoms with Gasteiger partial charge in [-0.25, -0.2) is 19.6 Å². The zero-order valence-electron chi connectivity index (χ0n) is 15.2. The Bertz CT molecular complexity index is 980. The highest BCUT2D eigenvalue weighted by molar-refractivity contribution is 7.17. The summed E-state index contributed by atoms with van der Waals surface area (Å²) in [6.45, 7) is 6.12. The third-order valence-corrected chi connectivity index (χ3v) is 5.81. The van der Waals surface area contributed by atoms with Crippen LogP contribution in [0.1, 0.15) is 46.4 Å². The number of hydrogen-bond acceptors (Lipinski definition) is 9. The summed E-state index contributed by atoms with van der Waals surface area (Å²) in [7, 11) is 0. The van der Waals surface area contributed by atoms with Gasteiger partial charge in [0.1, 0.15) is 22.0 Å². The lowest BCUT2D eigenvalue weighted by Gasteiger charge is -2.08. The summed E-state index contributed by atoms with van der Waals surface area (Å²) in [6, 6.07) is 1.82. The molecule has 3 aromatic rings. The van der Waals surface area contributed by atoms with Gasteiger partial charge in [-0.15, -0.1) is 22.7 Å². The number of anilines is 2. The smallest absolute Gasteiger partial charge is 0.341 e. The van der Waals surface area contributed by atoms with Gasteiger partial charge in [0.15, 0.2) is 0 Å². The third-order valence-electron chi connectivity index (χ3n) is 3.72. The Labute approximate surface area is 164 Å². The van der Waals surface area contributed by atoms with Crippen LogP contribution >= 0.6 is 22.7 Å². The van der Waals surface area contributed by atoms with Gasteiger partial charge in [0.05, 0.1) is 29.7 Å². The highest BCUT2D eigenvalue weighted by atomic mass is 32.1. The Morgan fingerprint density at radius 2 is 1.78 bits per heavy atom. The summed E-state index contributed by atoms with van der Waals surface area (Å²) >= 11 is 2.80. The second-order valence-electron chi connectivity index (χ2n) is 5.43. The van der Waals surface area contributed by atoms with Gasteiger partial charge in [-0.1, -0.05) is 6.92 Å². The Morgan fingerprint density at radius 1 is 1.07 bits per heavy atom. The summed E-state index contributed by atoms with van der Waals surface area (Å²) in [4.78, 5) is 34.8. The van der Waals surface area contributed by atoms with Crippen LogP contribution in [0.5, 0.6) is 0 Å². The standard InChI is InChI=1S/C18H19N3O4S2/c1-4-10-7-11(17(22)24-5-2)15(27-10)21-14-13-12(18(23)25-6-3)8-26-16(13)20-9-19-14/h7-9H,4-6H2,1-3H3,(H,19,20,21). The van der Waals surface area contributed by atoms with Crippen molar-refractivity contribution >= 4 is 55.6 Å². The number of nitrogens with zero attached hydrogens (tertiary/aromatic N) is 2. The number of thiophene rings is 2. The topological polar surface area (TPSA) is 90.4 Å². The van der Waals surface area contributed by atoms with Crippen molar-refractivity contribution in [1.82, 2.24) is 9.97 Å².